The second-order valence-electron chi connectivity index (χ2n) is 5.68. The second kappa shape index (κ2) is 7.22. The van der Waals surface area contributed by atoms with E-state index in [2.05, 4.69) is 0 Å². The highest BCUT2D eigenvalue weighted by molar-refractivity contribution is 7.86. The van der Waals surface area contributed by atoms with Crippen LogP contribution >= 0.6 is 0 Å². The predicted molar refractivity (Wildman–Crippen MR) is 84.9 cm³/mol. The molecule has 1 fully saturated rings. The Bertz CT molecular complexity index is 565. The SMILES string of the molecule is COc1cccc(CCC(=O)N2C[C@H](C)S(=O)[C@@H](C)C2)c1F. The summed E-state index contributed by atoms with van der Waals surface area (Å²) in [5.41, 5.74) is 0.481. The Morgan fingerprint density at radius 3 is 2.59 bits per heavy atom. The third-order valence-corrected chi connectivity index (χ3v) is 5.86. The van der Waals surface area contributed by atoms with Crippen molar-refractivity contribution in [3.63, 3.8) is 0 Å². The van der Waals surface area contributed by atoms with Gasteiger partial charge in [0.25, 0.3) is 0 Å². The van der Waals surface area contributed by atoms with Crippen LogP contribution in [-0.4, -0.2) is 45.7 Å². The lowest BCUT2D eigenvalue weighted by molar-refractivity contribution is -0.131. The van der Waals surface area contributed by atoms with Crippen LogP contribution in [0.1, 0.15) is 25.8 Å². The molecule has 122 valence electrons. The smallest absolute Gasteiger partial charge is 0.222 e. The fraction of sp³-hybridized carbons (Fsp3) is 0.562. The van der Waals surface area contributed by atoms with Gasteiger partial charge in [0, 0.05) is 40.8 Å². The lowest BCUT2D eigenvalue weighted by atomic mass is 10.1. The van der Waals surface area contributed by atoms with Crippen molar-refractivity contribution >= 4 is 16.7 Å². The molecule has 2 rings (SSSR count). The summed E-state index contributed by atoms with van der Waals surface area (Å²) in [6, 6.07) is 4.95. The summed E-state index contributed by atoms with van der Waals surface area (Å²) in [5, 5.41) is -0.0255. The quantitative estimate of drug-likeness (QED) is 0.851. The van der Waals surface area contributed by atoms with Crippen LogP contribution in [0.15, 0.2) is 18.2 Å². The van der Waals surface area contributed by atoms with Crippen LogP contribution < -0.4 is 4.74 Å². The maximum atomic E-state index is 14.1. The minimum absolute atomic E-state index is 0.0127. The van der Waals surface area contributed by atoms with E-state index in [0.29, 0.717) is 25.1 Å². The molecule has 4 nitrogen and oxygen atoms in total. The third kappa shape index (κ3) is 3.66. The maximum absolute atomic E-state index is 14.1. The van der Waals surface area contributed by atoms with Crippen molar-refractivity contribution in [2.45, 2.75) is 37.2 Å². The first-order valence-electron chi connectivity index (χ1n) is 7.42. The summed E-state index contributed by atoms with van der Waals surface area (Å²) in [7, 11) is 0.535. The summed E-state index contributed by atoms with van der Waals surface area (Å²) in [5.74, 6) is -0.225. The lowest BCUT2D eigenvalue weighted by Crippen LogP contribution is -2.49. The molecule has 22 heavy (non-hydrogen) atoms. The largest absolute Gasteiger partial charge is 0.494 e. The molecule has 1 aliphatic heterocycles. The van der Waals surface area contributed by atoms with Crippen molar-refractivity contribution in [3.8, 4) is 5.75 Å². The van der Waals surface area contributed by atoms with Gasteiger partial charge in [0.2, 0.25) is 5.91 Å². The summed E-state index contributed by atoms with van der Waals surface area (Å²) in [6.45, 7) is 4.81. The van der Waals surface area contributed by atoms with Crippen LogP contribution in [0.5, 0.6) is 5.75 Å². The van der Waals surface area contributed by atoms with Crippen LogP contribution in [0.4, 0.5) is 4.39 Å². The number of hydrogen-bond acceptors (Lipinski definition) is 3. The van der Waals surface area contributed by atoms with Gasteiger partial charge in [0.15, 0.2) is 11.6 Å². The molecule has 1 aromatic rings. The molecular formula is C16H22FNO3S. The highest BCUT2D eigenvalue weighted by Crippen LogP contribution is 2.22. The number of nitrogens with zero attached hydrogens (tertiary/aromatic N) is 1. The Kier molecular flexibility index (Phi) is 5.56. The molecular weight excluding hydrogens is 305 g/mol. The molecule has 0 aliphatic carbocycles. The van der Waals surface area contributed by atoms with Gasteiger partial charge in [-0.25, -0.2) is 4.39 Å². The number of hydrogen-bond donors (Lipinski definition) is 0. The Hall–Kier alpha value is -1.43. The van der Waals surface area contributed by atoms with Gasteiger partial charge in [-0.15, -0.1) is 0 Å². The fourth-order valence-corrected chi connectivity index (χ4v) is 4.20. The minimum Gasteiger partial charge on any atom is -0.494 e. The highest BCUT2D eigenvalue weighted by atomic mass is 32.2. The molecule has 0 N–H and O–H groups in total. The number of amides is 1. The van der Waals surface area contributed by atoms with Gasteiger partial charge < -0.3 is 9.64 Å². The molecule has 1 aromatic carbocycles. The molecule has 0 saturated carbocycles. The van der Waals surface area contributed by atoms with Crippen LogP contribution in [0.3, 0.4) is 0 Å². The number of ether oxygens (including phenoxy) is 1. The monoisotopic (exact) mass is 327 g/mol. The molecule has 1 aliphatic rings. The molecule has 1 saturated heterocycles. The third-order valence-electron chi connectivity index (χ3n) is 3.97. The van der Waals surface area contributed by atoms with Gasteiger partial charge in [0.05, 0.1) is 7.11 Å². The van der Waals surface area contributed by atoms with Gasteiger partial charge in [0.1, 0.15) is 0 Å². The van der Waals surface area contributed by atoms with Crippen LogP contribution in [0.2, 0.25) is 0 Å². The molecule has 0 aromatic heterocycles. The van der Waals surface area contributed by atoms with E-state index < -0.39 is 16.6 Å². The Labute approximate surface area is 133 Å². The van der Waals surface area contributed by atoms with Gasteiger partial charge >= 0.3 is 0 Å². The van der Waals surface area contributed by atoms with E-state index in [9.17, 15) is 13.4 Å². The number of carbonyl (C=O) groups is 1. The number of benzene rings is 1. The van der Waals surface area contributed by atoms with Crippen molar-refractivity contribution in [3.05, 3.63) is 29.6 Å². The lowest BCUT2D eigenvalue weighted by Gasteiger charge is -2.34. The molecule has 0 unspecified atom stereocenters. The normalized spacial score (nSPS) is 22.6. The fourth-order valence-electron chi connectivity index (χ4n) is 2.75. The predicted octanol–water partition coefficient (Wildman–Crippen LogP) is 2.13. The average molecular weight is 327 g/mol. The zero-order valence-corrected chi connectivity index (χ0v) is 14.0. The van der Waals surface area contributed by atoms with Gasteiger partial charge in [-0.1, -0.05) is 12.1 Å². The second-order valence-corrected chi connectivity index (χ2v) is 7.95. The van der Waals surface area contributed by atoms with Crippen molar-refractivity contribution in [1.82, 2.24) is 4.90 Å². The summed E-state index contributed by atoms with van der Waals surface area (Å²) >= 11 is 0. The van der Waals surface area contributed by atoms with Crippen LogP contribution in [0.25, 0.3) is 0 Å². The summed E-state index contributed by atoms with van der Waals surface area (Å²) in [6.07, 6.45) is 0.584. The van der Waals surface area contributed by atoms with E-state index in [1.54, 1.807) is 23.1 Å². The molecule has 1 heterocycles. The van der Waals surface area contributed by atoms with Gasteiger partial charge in [-0.3, -0.25) is 9.00 Å². The van der Waals surface area contributed by atoms with Gasteiger partial charge in [-0.05, 0) is 31.9 Å². The maximum Gasteiger partial charge on any atom is 0.222 e. The zero-order chi connectivity index (χ0) is 16.3. The van der Waals surface area contributed by atoms with Crippen molar-refractivity contribution in [2.24, 2.45) is 0 Å². The average Bonchev–Trinajstić information content (AvgIpc) is 2.50. The molecule has 6 heteroatoms. The Morgan fingerprint density at radius 2 is 2.00 bits per heavy atom. The molecule has 0 spiro atoms. The molecule has 2 atom stereocenters. The minimum atomic E-state index is -0.885. The van der Waals surface area contributed by atoms with E-state index >= 15 is 0 Å². The van der Waals surface area contributed by atoms with Crippen molar-refractivity contribution < 1.29 is 18.1 Å². The molecule has 0 bridgehead atoms. The topological polar surface area (TPSA) is 46.6 Å². The number of methoxy groups -OCH3 is 1. The van der Waals surface area contributed by atoms with Crippen LogP contribution in [-0.2, 0) is 22.0 Å². The van der Waals surface area contributed by atoms with Crippen molar-refractivity contribution in [1.29, 1.82) is 0 Å². The first kappa shape index (κ1) is 16.9. The summed E-state index contributed by atoms with van der Waals surface area (Å²) < 4.78 is 30.9. The van der Waals surface area contributed by atoms with Crippen molar-refractivity contribution in [2.75, 3.05) is 20.2 Å². The van der Waals surface area contributed by atoms with E-state index in [0.717, 1.165) is 0 Å². The first-order valence-corrected chi connectivity index (χ1v) is 8.70. The molecule has 1 amide bonds. The Morgan fingerprint density at radius 1 is 1.36 bits per heavy atom. The van der Waals surface area contributed by atoms with Crippen LogP contribution in [0, 0.1) is 5.82 Å². The number of aryl methyl sites for hydroxylation is 1. The van der Waals surface area contributed by atoms with E-state index in [1.807, 2.05) is 13.8 Å². The highest BCUT2D eigenvalue weighted by Gasteiger charge is 2.30. The summed E-state index contributed by atoms with van der Waals surface area (Å²) in [4.78, 5) is 14.1. The standard InChI is InChI=1S/C16H22FNO3S/c1-11-9-18(10-12(2)22(11)20)15(19)8-7-13-5-4-6-14(21-3)16(13)17/h4-6,11-12H,7-10H2,1-3H3/t11-,12-/m0/s1. The van der Waals surface area contributed by atoms with E-state index in [1.165, 1.54) is 7.11 Å². The number of halogens is 1. The number of carbonyl (C=O) groups excluding carboxylic acids is 1. The first-order chi connectivity index (χ1) is 10.4. The van der Waals surface area contributed by atoms with Gasteiger partial charge in [-0.2, -0.15) is 0 Å². The Balaban J connectivity index is 1.97. The van der Waals surface area contributed by atoms with E-state index in [-0.39, 0.29) is 28.6 Å². The zero-order valence-electron chi connectivity index (χ0n) is 13.2. The molecule has 0 radical (unpaired) electrons. The number of rotatable bonds is 4. The van der Waals surface area contributed by atoms with E-state index in [4.69, 9.17) is 4.74 Å².